The van der Waals surface area contributed by atoms with Crippen LogP contribution in [0.1, 0.15) is 16.9 Å². The topological polar surface area (TPSA) is 29.5 Å². The molecule has 1 amide bonds. The molecule has 0 spiro atoms. The number of para-hydroxylation sites is 1. The van der Waals surface area contributed by atoms with E-state index in [1.807, 2.05) is 35.2 Å². The van der Waals surface area contributed by atoms with Crippen LogP contribution in [0.4, 0.5) is 0 Å². The van der Waals surface area contributed by atoms with Gasteiger partial charge in [0.15, 0.2) is 0 Å². The van der Waals surface area contributed by atoms with Gasteiger partial charge in [-0.1, -0.05) is 18.2 Å². The molecule has 104 valence electrons. The molecule has 0 fully saturated rings. The Morgan fingerprint density at radius 1 is 1.25 bits per heavy atom. The van der Waals surface area contributed by atoms with E-state index in [2.05, 4.69) is 11.4 Å². The van der Waals surface area contributed by atoms with Crippen LogP contribution in [0.2, 0.25) is 0 Å². The normalized spacial score (nSPS) is 13.9. The summed E-state index contributed by atoms with van der Waals surface area (Å²) in [6, 6.07) is 11.7. The molecule has 0 N–H and O–H groups in total. The summed E-state index contributed by atoms with van der Waals surface area (Å²) in [5, 5.41) is 2.11. The van der Waals surface area contributed by atoms with E-state index in [9.17, 15) is 4.79 Å². The molecule has 1 aliphatic rings. The maximum absolute atomic E-state index is 12.2. The molecule has 0 saturated carbocycles. The SMILES string of the molecule is O=C(CCOc1ccccc1)N1CCc2sccc2C1. The second-order valence-corrected chi connectivity index (χ2v) is 5.85. The van der Waals surface area contributed by atoms with Crippen molar-refractivity contribution in [3.05, 3.63) is 52.2 Å². The summed E-state index contributed by atoms with van der Waals surface area (Å²) in [5.74, 6) is 0.997. The first-order chi connectivity index (χ1) is 9.83. The van der Waals surface area contributed by atoms with Crippen LogP contribution < -0.4 is 4.74 Å². The predicted octanol–water partition coefficient (Wildman–Crippen LogP) is 3.10. The van der Waals surface area contributed by atoms with E-state index < -0.39 is 0 Å². The van der Waals surface area contributed by atoms with Gasteiger partial charge in [-0.15, -0.1) is 11.3 Å². The number of nitrogens with zero attached hydrogens (tertiary/aromatic N) is 1. The zero-order valence-electron chi connectivity index (χ0n) is 11.2. The molecule has 1 aromatic heterocycles. The van der Waals surface area contributed by atoms with Crippen LogP contribution in [0.25, 0.3) is 0 Å². The highest BCUT2D eigenvalue weighted by molar-refractivity contribution is 7.10. The fourth-order valence-corrected chi connectivity index (χ4v) is 3.28. The van der Waals surface area contributed by atoms with Gasteiger partial charge < -0.3 is 9.64 Å². The van der Waals surface area contributed by atoms with E-state index in [1.165, 1.54) is 10.4 Å². The fourth-order valence-electron chi connectivity index (χ4n) is 2.39. The highest BCUT2D eigenvalue weighted by Crippen LogP contribution is 2.24. The van der Waals surface area contributed by atoms with Crippen LogP contribution in [0.5, 0.6) is 5.75 Å². The van der Waals surface area contributed by atoms with Gasteiger partial charge in [-0.2, -0.15) is 0 Å². The molecule has 1 aromatic carbocycles. The van der Waals surface area contributed by atoms with E-state index in [-0.39, 0.29) is 5.91 Å². The van der Waals surface area contributed by atoms with Gasteiger partial charge in [0, 0.05) is 18.0 Å². The molecule has 0 radical (unpaired) electrons. The molecule has 0 atom stereocenters. The van der Waals surface area contributed by atoms with Gasteiger partial charge in [-0.3, -0.25) is 4.79 Å². The van der Waals surface area contributed by atoms with Crippen LogP contribution in [0.15, 0.2) is 41.8 Å². The monoisotopic (exact) mass is 287 g/mol. The first-order valence-electron chi connectivity index (χ1n) is 6.84. The number of hydrogen-bond acceptors (Lipinski definition) is 3. The summed E-state index contributed by atoms with van der Waals surface area (Å²) in [6.07, 6.45) is 1.42. The Hall–Kier alpha value is -1.81. The Bertz CT molecular complexity index is 579. The summed E-state index contributed by atoms with van der Waals surface area (Å²) >= 11 is 1.79. The van der Waals surface area contributed by atoms with Crippen molar-refractivity contribution in [2.45, 2.75) is 19.4 Å². The van der Waals surface area contributed by atoms with Crippen molar-refractivity contribution in [2.75, 3.05) is 13.2 Å². The molecule has 0 aliphatic carbocycles. The zero-order valence-corrected chi connectivity index (χ0v) is 12.1. The third kappa shape index (κ3) is 3.02. The Morgan fingerprint density at radius 3 is 2.95 bits per heavy atom. The average Bonchev–Trinajstić information content (AvgIpc) is 2.95. The Balaban J connectivity index is 1.48. The minimum absolute atomic E-state index is 0.179. The number of fused-ring (bicyclic) bond motifs is 1. The Kier molecular flexibility index (Phi) is 4.02. The molecule has 0 bridgehead atoms. The molecule has 3 rings (SSSR count). The molecule has 1 aliphatic heterocycles. The number of rotatable bonds is 4. The van der Waals surface area contributed by atoms with Crippen molar-refractivity contribution in [3.63, 3.8) is 0 Å². The standard InChI is InChI=1S/C16H17NO2S/c18-16(7-10-19-14-4-2-1-3-5-14)17-9-6-15-13(12-17)8-11-20-15/h1-5,8,11H,6-7,9-10,12H2. The maximum atomic E-state index is 12.2. The van der Waals surface area contributed by atoms with E-state index in [1.54, 1.807) is 11.3 Å². The lowest BCUT2D eigenvalue weighted by molar-refractivity contribution is -0.132. The lowest BCUT2D eigenvalue weighted by Crippen LogP contribution is -2.36. The molecule has 2 heterocycles. The molecule has 0 unspecified atom stereocenters. The van der Waals surface area contributed by atoms with Crippen LogP contribution in [-0.2, 0) is 17.8 Å². The largest absolute Gasteiger partial charge is 0.493 e. The van der Waals surface area contributed by atoms with Crippen molar-refractivity contribution in [2.24, 2.45) is 0 Å². The number of amides is 1. The lowest BCUT2D eigenvalue weighted by atomic mass is 10.1. The molecule has 4 heteroatoms. The number of thiophene rings is 1. The highest BCUT2D eigenvalue weighted by atomic mass is 32.1. The van der Waals surface area contributed by atoms with Gasteiger partial charge in [-0.05, 0) is 35.6 Å². The second-order valence-electron chi connectivity index (χ2n) is 4.85. The zero-order chi connectivity index (χ0) is 13.8. The van der Waals surface area contributed by atoms with Gasteiger partial charge in [0.2, 0.25) is 5.91 Å². The fraction of sp³-hybridized carbons (Fsp3) is 0.312. The van der Waals surface area contributed by atoms with Crippen molar-refractivity contribution in [3.8, 4) is 5.75 Å². The number of hydrogen-bond donors (Lipinski definition) is 0. The highest BCUT2D eigenvalue weighted by Gasteiger charge is 2.21. The molecule has 0 saturated heterocycles. The average molecular weight is 287 g/mol. The smallest absolute Gasteiger partial charge is 0.226 e. The Morgan fingerprint density at radius 2 is 2.10 bits per heavy atom. The van der Waals surface area contributed by atoms with Crippen LogP contribution >= 0.6 is 11.3 Å². The summed E-state index contributed by atoms with van der Waals surface area (Å²) in [6.45, 7) is 2.02. The lowest BCUT2D eigenvalue weighted by Gasteiger charge is -2.27. The quantitative estimate of drug-likeness (QED) is 0.865. The molecular weight excluding hydrogens is 270 g/mol. The van der Waals surface area contributed by atoms with Gasteiger partial charge in [0.1, 0.15) is 5.75 Å². The number of carbonyl (C=O) groups is 1. The van der Waals surface area contributed by atoms with Crippen molar-refractivity contribution >= 4 is 17.2 Å². The maximum Gasteiger partial charge on any atom is 0.226 e. The van der Waals surface area contributed by atoms with Crippen LogP contribution in [-0.4, -0.2) is 24.0 Å². The minimum Gasteiger partial charge on any atom is -0.493 e. The summed E-state index contributed by atoms with van der Waals surface area (Å²) < 4.78 is 5.58. The first kappa shape index (κ1) is 13.2. The van der Waals surface area contributed by atoms with E-state index in [4.69, 9.17) is 4.74 Å². The van der Waals surface area contributed by atoms with Gasteiger partial charge in [0.25, 0.3) is 0 Å². The summed E-state index contributed by atoms with van der Waals surface area (Å²) in [7, 11) is 0. The van der Waals surface area contributed by atoms with Crippen LogP contribution in [0.3, 0.4) is 0 Å². The van der Waals surface area contributed by atoms with E-state index in [0.29, 0.717) is 13.0 Å². The third-order valence-corrected chi connectivity index (χ3v) is 4.51. The number of carbonyl (C=O) groups excluding carboxylic acids is 1. The molecule has 3 nitrogen and oxygen atoms in total. The first-order valence-corrected chi connectivity index (χ1v) is 7.72. The molecule has 2 aromatic rings. The van der Waals surface area contributed by atoms with E-state index >= 15 is 0 Å². The number of ether oxygens (including phenoxy) is 1. The number of benzene rings is 1. The predicted molar refractivity (Wildman–Crippen MR) is 80.0 cm³/mol. The summed E-state index contributed by atoms with van der Waals surface area (Å²) in [5.41, 5.74) is 1.30. The van der Waals surface area contributed by atoms with Crippen molar-refractivity contribution in [1.82, 2.24) is 4.90 Å². The molecule has 20 heavy (non-hydrogen) atoms. The molecular formula is C16H17NO2S. The van der Waals surface area contributed by atoms with Gasteiger partial charge in [0.05, 0.1) is 13.0 Å². The Labute approximate surface area is 122 Å². The van der Waals surface area contributed by atoms with Crippen molar-refractivity contribution < 1.29 is 9.53 Å². The minimum atomic E-state index is 0.179. The van der Waals surface area contributed by atoms with Crippen molar-refractivity contribution in [1.29, 1.82) is 0 Å². The van der Waals surface area contributed by atoms with Gasteiger partial charge >= 0.3 is 0 Å². The van der Waals surface area contributed by atoms with E-state index in [0.717, 1.165) is 25.3 Å². The van der Waals surface area contributed by atoms with Gasteiger partial charge in [-0.25, -0.2) is 0 Å². The van der Waals surface area contributed by atoms with Crippen LogP contribution in [0, 0.1) is 0 Å². The second kappa shape index (κ2) is 6.09. The third-order valence-electron chi connectivity index (χ3n) is 3.49. The summed E-state index contributed by atoms with van der Waals surface area (Å²) in [4.78, 5) is 15.5.